The molecule has 3 rings (SSSR count). The Hall–Kier alpha value is -1.94. The highest BCUT2D eigenvalue weighted by atomic mass is 127. The highest BCUT2D eigenvalue weighted by Crippen LogP contribution is 2.37. The summed E-state index contributed by atoms with van der Waals surface area (Å²) in [5.74, 6) is -0.355. The van der Waals surface area contributed by atoms with E-state index in [0.717, 1.165) is 14.3 Å². The molecular weight excluding hydrogens is 380 g/mol. The number of hydrogen-bond donors (Lipinski definition) is 0. The highest BCUT2D eigenvalue weighted by molar-refractivity contribution is 14.1. The van der Waals surface area contributed by atoms with E-state index in [1.165, 1.54) is 0 Å². The summed E-state index contributed by atoms with van der Waals surface area (Å²) in [6.07, 6.45) is 1.67. The molecule has 0 unspecified atom stereocenters. The topological polar surface area (TPSA) is 41.6 Å². The largest absolute Gasteiger partial charge is 0.267 e. The summed E-state index contributed by atoms with van der Waals surface area (Å²) < 4.78 is 17.3. The van der Waals surface area contributed by atoms with Crippen LogP contribution >= 0.6 is 22.6 Å². The average Bonchev–Trinajstić information content (AvgIpc) is 2.82. The lowest BCUT2D eigenvalue weighted by Crippen LogP contribution is -2.02. The van der Waals surface area contributed by atoms with Crippen LogP contribution in [-0.4, -0.2) is 9.78 Å². The molecule has 0 radical (unpaired) electrons. The summed E-state index contributed by atoms with van der Waals surface area (Å²) in [5, 5.41) is 15.3. The molecule has 0 saturated carbocycles. The standard InChI is InChI=1S/C16H11FIN3/c1-9-10-5-3-4-6-11(10)12(7-19)14(15(9)17)16-13(18)8-20-21(16)2/h3-6,8H,1-2H3. The van der Waals surface area contributed by atoms with Crippen LogP contribution in [0.4, 0.5) is 4.39 Å². The first-order chi connectivity index (χ1) is 10.1. The number of nitriles is 1. The van der Waals surface area contributed by atoms with Gasteiger partial charge in [-0.15, -0.1) is 0 Å². The molecule has 3 nitrogen and oxygen atoms in total. The second-order valence-corrected chi connectivity index (χ2v) is 5.97. The van der Waals surface area contributed by atoms with Gasteiger partial charge in [0.15, 0.2) is 0 Å². The zero-order valence-corrected chi connectivity index (χ0v) is 13.6. The number of halogens is 2. The minimum absolute atomic E-state index is 0.332. The second kappa shape index (κ2) is 5.11. The van der Waals surface area contributed by atoms with Crippen LogP contribution in [0.2, 0.25) is 0 Å². The summed E-state index contributed by atoms with van der Waals surface area (Å²) in [4.78, 5) is 0. The van der Waals surface area contributed by atoms with Crippen molar-refractivity contribution in [3.8, 4) is 17.3 Å². The van der Waals surface area contributed by atoms with Crippen molar-refractivity contribution in [2.24, 2.45) is 7.05 Å². The van der Waals surface area contributed by atoms with E-state index in [0.29, 0.717) is 22.4 Å². The fourth-order valence-corrected chi connectivity index (χ4v) is 3.35. The van der Waals surface area contributed by atoms with Gasteiger partial charge in [0.05, 0.1) is 26.6 Å². The maximum atomic E-state index is 14.9. The van der Waals surface area contributed by atoms with E-state index in [-0.39, 0.29) is 5.82 Å². The number of fused-ring (bicyclic) bond motifs is 1. The molecule has 0 saturated heterocycles. The Labute approximate surface area is 135 Å². The summed E-state index contributed by atoms with van der Waals surface area (Å²) in [6, 6.07) is 9.57. The lowest BCUT2D eigenvalue weighted by molar-refractivity contribution is 0.621. The van der Waals surface area contributed by atoms with Gasteiger partial charge in [0.2, 0.25) is 0 Å². The Bertz CT molecular complexity index is 887. The van der Waals surface area contributed by atoms with Gasteiger partial charge in [0, 0.05) is 12.4 Å². The van der Waals surface area contributed by atoms with E-state index in [2.05, 4.69) is 33.8 Å². The van der Waals surface area contributed by atoms with Crippen LogP contribution in [0.1, 0.15) is 11.1 Å². The van der Waals surface area contributed by atoms with Gasteiger partial charge in [-0.05, 0) is 40.5 Å². The van der Waals surface area contributed by atoms with Gasteiger partial charge in [-0.25, -0.2) is 4.39 Å². The Kier molecular flexibility index (Phi) is 3.41. The molecule has 0 fully saturated rings. The zero-order valence-electron chi connectivity index (χ0n) is 11.5. The maximum Gasteiger partial charge on any atom is 0.137 e. The van der Waals surface area contributed by atoms with Gasteiger partial charge in [0.1, 0.15) is 11.9 Å². The quantitative estimate of drug-likeness (QED) is 0.585. The van der Waals surface area contributed by atoms with Crippen molar-refractivity contribution in [3.05, 3.63) is 51.0 Å². The zero-order chi connectivity index (χ0) is 15.1. The van der Waals surface area contributed by atoms with Gasteiger partial charge >= 0.3 is 0 Å². The molecule has 0 spiro atoms. The summed E-state index contributed by atoms with van der Waals surface area (Å²) >= 11 is 2.11. The van der Waals surface area contributed by atoms with E-state index >= 15 is 0 Å². The first-order valence-corrected chi connectivity index (χ1v) is 7.43. The second-order valence-electron chi connectivity index (χ2n) is 4.81. The molecule has 0 N–H and O–H groups in total. The molecule has 0 aliphatic carbocycles. The molecule has 0 aliphatic rings. The predicted molar refractivity (Wildman–Crippen MR) is 88.3 cm³/mol. The summed E-state index contributed by atoms with van der Waals surface area (Å²) in [5.41, 5.74) is 1.88. The van der Waals surface area contributed by atoms with Gasteiger partial charge in [-0.1, -0.05) is 24.3 Å². The van der Waals surface area contributed by atoms with Crippen molar-refractivity contribution in [1.82, 2.24) is 9.78 Å². The number of aryl methyl sites for hydroxylation is 2. The van der Waals surface area contributed by atoms with Crippen molar-refractivity contribution in [2.75, 3.05) is 0 Å². The van der Waals surface area contributed by atoms with Gasteiger partial charge in [0.25, 0.3) is 0 Å². The van der Waals surface area contributed by atoms with E-state index in [1.54, 1.807) is 24.9 Å². The number of aromatic nitrogens is 2. The number of hydrogen-bond acceptors (Lipinski definition) is 2. The number of benzene rings is 2. The van der Waals surface area contributed by atoms with Gasteiger partial charge < -0.3 is 0 Å². The Morgan fingerprint density at radius 3 is 2.52 bits per heavy atom. The first-order valence-electron chi connectivity index (χ1n) is 6.35. The minimum atomic E-state index is -0.355. The van der Waals surface area contributed by atoms with Crippen molar-refractivity contribution in [2.45, 2.75) is 6.92 Å². The third-order valence-corrected chi connectivity index (χ3v) is 4.43. The molecule has 104 valence electrons. The predicted octanol–water partition coefficient (Wildman–Crippen LogP) is 4.16. The third-order valence-electron chi connectivity index (χ3n) is 3.64. The van der Waals surface area contributed by atoms with E-state index in [4.69, 9.17) is 0 Å². The molecule has 5 heteroatoms. The van der Waals surface area contributed by atoms with Crippen LogP contribution in [-0.2, 0) is 7.05 Å². The SMILES string of the molecule is Cc1c(F)c(-c2c(I)cnn2C)c(C#N)c2ccccc12. The number of rotatable bonds is 1. The van der Waals surface area contributed by atoms with E-state index in [9.17, 15) is 9.65 Å². The third kappa shape index (κ3) is 2.02. The molecule has 21 heavy (non-hydrogen) atoms. The fraction of sp³-hybridized carbons (Fsp3) is 0.125. The van der Waals surface area contributed by atoms with Crippen LogP contribution in [0.15, 0.2) is 30.5 Å². The molecule has 0 aliphatic heterocycles. The Morgan fingerprint density at radius 1 is 1.29 bits per heavy atom. The normalized spacial score (nSPS) is 10.8. The average molecular weight is 391 g/mol. The van der Waals surface area contributed by atoms with Crippen molar-refractivity contribution < 1.29 is 4.39 Å². The van der Waals surface area contributed by atoms with Gasteiger partial charge in [-0.3, -0.25) is 4.68 Å². The van der Waals surface area contributed by atoms with E-state index in [1.807, 2.05) is 24.3 Å². The molecule has 2 aromatic carbocycles. The molecule has 0 atom stereocenters. The fourth-order valence-electron chi connectivity index (χ4n) is 2.61. The van der Waals surface area contributed by atoms with Crippen molar-refractivity contribution >= 4 is 33.4 Å². The van der Waals surface area contributed by atoms with Crippen LogP contribution in [0.25, 0.3) is 22.0 Å². The van der Waals surface area contributed by atoms with Crippen LogP contribution in [0, 0.1) is 27.6 Å². The smallest absolute Gasteiger partial charge is 0.137 e. The van der Waals surface area contributed by atoms with Gasteiger partial charge in [-0.2, -0.15) is 10.4 Å². The minimum Gasteiger partial charge on any atom is -0.267 e. The van der Waals surface area contributed by atoms with E-state index < -0.39 is 0 Å². The molecular formula is C16H11FIN3. The monoisotopic (exact) mass is 391 g/mol. The Morgan fingerprint density at radius 2 is 1.95 bits per heavy atom. The van der Waals surface area contributed by atoms with Crippen LogP contribution in [0.5, 0.6) is 0 Å². The van der Waals surface area contributed by atoms with Crippen molar-refractivity contribution in [1.29, 1.82) is 5.26 Å². The summed E-state index contributed by atoms with van der Waals surface area (Å²) in [6.45, 7) is 1.74. The maximum absolute atomic E-state index is 14.9. The molecule has 3 aromatic rings. The number of nitrogens with zero attached hydrogens (tertiary/aromatic N) is 3. The lowest BCUT2D eigenvalue weighted by atomic mass is 9.93. The lowest BCUT2D eigenvalue weighted by Gasteiger charge is -2.13. The molecule has 0 bridgehead atoms. The molecule has 0 amide bonds. The highest BCUT2D eigenvalue weighted by Gasteiger charge is 2.22. The van der Waals surface area contributed by atoms with Crippen LogP contribution < -0.4 is 0 Å². The summed E-state index contributed by atoms with van der Waals surface area (Å²) in [7, 11) is 1.75. The molecule has 1 aromatic heterocycles. The van der Waals surface area contributed by atoms with Crippen molar-refractivity contribution in [3.63, 3.8) is 0 Å². The molecule has 1 heterocycles. The van der Waals surface area contributed by atoms with Crippen LogP contribution in [0.3, 0.4) is 0 Å². The Balaban J connectivity index is 2.55. The first kappa shape index (κ1) is 14.0.